The van der Waals surface area contributed by atoms with Crippen LogP contribution in [-0.2, 0) is 4.79 Å². The minimum Gasteiger partial charge on any atom is -0.382 e. The Hall–Kier alpha value is -1.03. The van der Waals surface area contributed by atoms with Crippen LogP contribution in [0.5, 0.6) is 0 Å². The predicted molar refractivity (Wildman–Crippen MR) is 71.4 cm³/mol. The molecule has 4 heteroatoms. The molecule has 4 aliphatic heterocycles. The molecule has 4 nitrogen and oxygen atoms in total. The van der Waals surface area contributed by atoms with Gasteiger partial charge in [0.15, 0.2) is 0 Å². The Balaban J connectivity index is 1.83. The van der Waals surface area contributed by atoms with Gasteiger partial charge in [-0.05, 0) is 44.1 Å². The first-order valence-electron chi connectivity index (χ1n) is 7.69. The molecule has 19 heavy (non-hydrogen) atoms. The highest BCUT2D eigenvalue weighted by Crippen LogP contribution is 2.45. The van der Waals surface area contributed by atoms with E-state index in [1.54, 1.807) is 0 Å². The van der Waals surface area contributed by atoms with Gasteiger partial charge in [-0.2, -0.15) is 0 Å². The molecule has 0 aliphatic carbocycles. The van der Waals surface area contributed by atoms with Crippen LogP contribution in [0.2, 0.25) is 0 Å². The molecule has 104 valence electrons. The molecule has 2 saturated heterocycles. The maximum atomic E-state index is 12.2. The van der Waals surface area contributed by atoms with Crippen LogP contribution in [0.25, 0.3) is 0 Å². The maximum Gasteiger partial charge on any atom is 0.223 e. The zero-order valence-electron chi connectivity index (χ0n) is 11.4. The fraction of sp³-hybridized carbons (Fsp3) is 0.800. The molecule has 2 atom stereocenters. The van der Waals surface area contributed by atoms with Gasteiger partial charge in [-0.25, -0.2) is 0 Å². The minimum absolute atomic E-state index is 0.249. The topological polar surface area (TPSA) is 43.8 Å². The van der Waals surface area contributed by atoms with E-state index >= 15 is 0 Å². The molecule has 0 radical (unpaired) electrons. The average Bonchev–Trinajstić information content (AvgIpc) is 2.40. The number of amides is 1. The largest absolute Gasteiger partial charge is 0.382 e. The van der Waals surface area contributed by atoms with Crippen molar-refractivity contribution in [2.24, 2.45) is 0 Å². The van der Waals surface area contributed by atoms with Crippen molar-refractivity contribution in [3.05, 3.63) is 11.3 Å². The lowest BCUT2D eigenvalue weighted by atomic mass is 9.74. The molecule has 4 heterocycles. The van der Waals surface area contributed by atoms with Crippen LogP contribution >= 0.6 is 0 Å². The summed E-state index contributed by atoms with van der Waals surface area (Å²) in [5, 5.41) is 11.1. The summed E-state index contributed by atoms with van der Waals surface area (Å²) in [4.78, 5) is 16.6. The van der Waals surface area contributed by atoms with E-state index < -0.39 is 5.60 Å². The maximum absolute atomic E-state index is 12.2. The summed E-state index contributed by atoms with van der Waals surface area (Å²) in [6, 6.07) is 0.289. The van der Waals surface area contributed by atoms with Gasteiger partial charge >= 0.3 is 0 Å². The van der Waals surface area contributed by atoms with Crippen molar-refractivity contribution in [1.29, 1.82) is 0 Å². The molecule has 0 aromatic rings. The number of nitrogens with zero attached hydrogens (tertiary/aromatic N) is 2. The Morgan fingerprint density at radius 2 is 2.00 bits per heavy atom. The lowest BCUT2D eigenvalue weighted by Crippen LogP contribution is -2.63. The molecule has 0 saturated carbocycles. The second kappa shape index (κ2) is 3.98. The van der Waals surface area contributed by atoms with Gasteiger partial charge in [-0.1, -0.05) is 0 Å². The molecule has 4 rings (SSSR count). The van der Waals surface area contributed by atoms with Crippen LogP contribution < -0.4 is 0 Å². The number of aliphatic hydroxyl groups is 1. The first-order chi connectivity index (χ1) is 9.19. The van der Waals surface area contributed by atoms with E-state index in [0.717, 1.165) is 45.2 Å². The fourth-order valence-electron chi connectivity index (χ4n) is 4.63. The number of hydrogen-bond acceptors (Lipinski definition) is 3. The Labute approximate surface area is 114 Å². The monoisotopic (exact) mass is 262 g/mol. The van der Waals surface area contributed by atoms with Crippen molar-refractivity contribution in [3.8, 4) is 0 Å². The third kappa shape index (κ3) is 1.59. The third-order valence-corrected chi connectivity index (χ3v) is 5.35. The summed E-state index contributed by atoms with van der Waals surface area (Å²) in [6.45, 7) is 2.70. The Morgan fingerprint density at radius 1 is 1.16 bits per heavy atom. The van der Waals surface area contributed by atoms with Gasteiger partial charge in [0.25, 0.3) is 0 Å². The third-order valence-electron chi connectivity index (χ3n) is 5.35. The van der Waals surface area contributed by atoms with Crippen molar-refractivity contribution >= 4 is 5.91 Å². The van der Waals surface area contributed by atoms with E-state index in [-0.39, 0.29) is 11.9 Å². The highest BCUT2D eigenvalue weighted by atomic mass is 16.3. The van der Waals surface area contributed by atoms with Gasteiger partial charge in [0.2, 0.25) is 5.91 Å². The van der Waals surface area contributed by atoms with Crippen LogP contribution in [-0.4, -0.2) is 52.1 Å². The summed E-state index contributed by atoms with van der Waals surface area (Å²) in [5.74, 6) is 0.249. The molecule has 1 N–H and O–H groups in total. The number of piperidine rings is 2. The standard InChI is InChI=1S/C15H22N2O2/c18-13-6-1-5-12-11-4-2-8-16-9-3-7-15(19,14(11)16)10-17(12)13/h12,19H,1-10H2. The summed E-state index contributed by atoms with van der Waals surface area (Å²) >= 11 is 0. The van der Waals surface area contributed by atoms with E-state index in [1.807, 2.05) is 4.90 Å². The van der Waals surface area contributed by atoms with Gasteiger partial charge in [-0.3, -0.25) is 4.79 Å². The zero-order chi connectivity index (χ0) is 13.0. The van der Waals surface area contributed by atoms with Gasteiger partial charge in [-0.15, -0.1) is 0 Å². The lowest BCUT2D eigenvalue weighted by Gasteiger charge is -2.55. The SMILES string of the molecule is O=C1CCCC2C3=C4N(CCC3)CCCC4(O)CN12. The number of fused-ring (bicyclic) bond motifs is 2. The average molecular weight is 262 g/mol. The van der Waals surface area contributed by atoms with Crippen molar-refractivity contribution in [3.63, 3.8) is 0 Å². The van der Waals surface area contributed by atoms with Gasteiger partial charge < -0.3 is 14.9 Å². The van der Waals surface area contributed by atoms with Gasteiger partial charge in [0.1, 0.15) is 5.60 Å². The quantitative estimate of drug-likeness (QED) is 0.714. The molecular formula is C15H22N2O2. The highest BCUT2D eigenvalue weighted by Gasteiger charge is 2.50. The molecule has 2 unspecified atom stereocenters. The van der Waals surface area contributed by atoms with Gasteiger partial charge in [0.05, 0.1) is 12.6 Å². The molecule has 4 aliphatic rings. The number of hydrogen-bond donors (Lipinski definition) is 1. The molecule has 0 aromatic heterocycles. The van der Waals surface area contributed by atoms with E-state index in [1.165, 1.54) is 17.7 Å². The van der Waals surface area contributed by atoms with Crippen molar-refractivity contribution in [2.75, 3.05) is 19.6 Å². The van der Waals surface area contributed by atoms with Crippen molar-refractivity contribution in [1.82, 2.24) is 9.80 Å². The summed E-state index contributed by atoms with van der Waals surface area (Å²) < 4.78 is 0. The smallest absolute Gasteiger partial charge is 0.223 e. The first kappa shape index (κ1) is 11.8. The van der Waals surface area contributed by atoms with Crippen molar-refractivity contribution in [2.45, 2.75) is 56.6 Å². The van der Waals surface area contributed by atoms with Crippen LogP contribution in [0.3, 0.4) is 0 Å². The molecule has 1 amide bonds. The highest BCUT2D eigenvalue weighted by molar-refractivity contribution is 5.78. The van der Waals surface area contributed by atoms with Crippen LogP contribution in [0.15, 0.2) is 11.3 Å². The Kier molecular flexibility index (Phi) is 2.47. The van der Waals surface area contributed by atoms with E-state index in [2.05, 4.69) is 4.90 Å². The van der Waals surface area contributed by atoms with Crippen LogP contribution in [0, 0.1) is 0 Å². The van der Waals surface area contributed by atoms with Crippen LogP contribution in [0.4, 0.5) is 0 Å². The molecule has 0 bridgehead atoms. The Bertz CT molecular complexity index is 459. The summed E-state index contributed by atoms with van der Waals surface area (Å²) in [5.41, 5.74) is 1.84. The molecule has 0 aromatic carbocycles. The zero-order valence-corrected chi connectivity index (χ0v) is 11.4. The normalized spacial score (nSPS) is 38.2. The summed E-state index contributed by atoms with van der Waals surface area (Å²) in [6.07, 6.45) is 6.87. The predicted octanol–water partition coefficient (Wildman–Crippen LogP) is 1.26. The fourth-order valence-corrected chi connectivity index (χ4v) is 4.63. The molecule has 0 spiro atoms. The summed E-state index contributed by atoms with van der Waals surface area (Å²) in [7, 11) is 0. The van der Waals surface area contributed by atoms with Crippen LogP contribution in [0.1, 0.15) is 44.9 Å². The molecular weight excluding hydrogens is 240 g/mol. The van der Waals surface area contributed by atoms with E-state index in [9.17, 15) is 9.90 Å². The van der Waals surface area contributed by atoms with Gasteiger partial charge in [0, 0.05) is 25.2 Å². The number of carbonyl (C=O) groups is 1. The first-order valence-corrected chi connectivity index (χ1v) is 7.69. The minimum atomic E-state index is -0.752. The number of carbonyl (C=O) groups excluding carboxylic acids is 1. The number of rotatable bonds is 0. The van der Waals surface area contributed by atoms with E-state index in [0.29, 0.717) is 13.0 Å². The van der Waals surface area contributed by atoms with Crippen molar-refractivity contribution < 1.29 is 9.90 Å². The van der Waals surface area contributed by atoms with E-state index in [4.69, 9.17) is 0 Å². The molecule has 2 fully saturated rings. The second-order valence-corrected chi connectivity index (χ2v) is 6.53. The lowest BCUT2D eigenvalue weighted by molar-refractivity contribution is -0.143. The Morgan fingerprint density at radius 3 is 2.89 bits per heavy atom. The second-order valence-electron chi connectivity index (χ2n) is 6.53.